The number of fused-ring (bicyclic) bond motifs is 2. The highest BCUT2D eigenvalue weighted by Gasteiger charge is 2.54. The number of nitrogens with zero attached hydrogens (tertiary/aromatic N) is 2. The van der Waals surface area contributed by atoms with Crippen molar-refractivity contribution in [2.24, 2.45) is 0 Å². The number of likely N-dealkylation sites (N-methyl/N-ethyl adjacent to an activating group) is 1. The summed E-state index contributed by atoms with van der Waals surface area (Å²) in [6.07, 6.45) is 2.12. The lowest BCUT2D eigenvalue weighted by molar-refractivity contribution is -0.139. The molecular weight excluding hydrogens is 413 g/mol. The number of carbonyl (C=O) groups excluding carboxylic acids is 3. The number of hydrogen-bond acceptors (Lipinski definition) is 4. The predicted octanol–water partition coefficient (Wildman–Crippen LogP) is 2.97. The third-order valence-corrected chi connectivity index (χ3v) is 6.27. The van der Waals surface area contributed by atoms with Gasteiger partial charge in [0, 0.05) is 13.1 Å². The van der Waals surface area contributed by atoms with Crippen LogP contribution in [0.3, 0.4) is 0 Å². The zero-order valence-electron chi connectivity index (χ0n) is 18.2. The molecule has 32 heavy (non-hydrogen) atoms. The summed E-state index contributed by atoms with van der Waals surface area (Å²) in [7, 11) is 1.38. The van der Waals surface area contributed by atoms with Crippen molar-refractivity contribution in [2.45, 2.75) is 38.3 Å². The van der Waals surface area contributed by atoms with Crippen molar-refractivity contribution < 1.29 is 23.5 Å². The van der Waals surface area contributed by atoms with Crippen molar-refractivity contribution in [3.8, 4) is 5.75 Å². The molecule has 2 aliphatic rings. The molecule has 0 radical (unpaired) electrons. The number of ether oxygens (including phenoxy) is 1. The van der Waals surface area contributed by atoms with Crippen LogP contribution in [0, 0.1) is 5.82 Å². The first-order valence-electron chi connectivity index (χ1n) is 10.7. The fourth-order valence-corrected chi connectivity index (χ4v) is 4.60. The molecule has 0 unspecified atom stereocenters. The van der Waals surface area contributed by atoms with Gasteiger partial charge in [0.25, 0.3) is 5.91 Å². The average molecular weight is 439 g/mol. The molecular formula is C24H26FN3O4. The first-order valence-corrected chi connectivity index (χ1v) is 10.7. The Balaban J connectivity index is 1.51. The maximum Gasteiger partial charge on any atom is 0.325 e. The maximum atomic E-state index is 14.0. The van der Waals surface area contributed by atoms with Gasteiger partial charge in [0.1, 0.15) is 12.1 Å². The van der Waals surface area contributed by atoms with Crippen molar-refractivity contribution in [1.82, 2.24) is 15.1 Å². The Morgan fingerprint density at radius 1 is 1.25 bits per heavy atom. The second-order valence-corrected chi connectivity index (χ2v) is 8.11. The van der Waals surface area contributed by atoms with Crippen molar-refractivity contribution in [3.05, 3.63) is 65.0 Å². The van der Waals surface area contributed by atoms with Crippen LogP contribution in [0.15, 0.2) is 42.5 Å². The fraction of sp³-hybridized carbons (Fsp3) is 0.375. The van der Waals surface area contributed by atoms with Gasteiger partial charge in [-0.25, -0.2) is 9.18 Å². The van der Waals surface area contributed by atoms with E-state index in [1.165, 1.54) is 24.1 Å². The first kappa shape index (κ1) is 21.8. The Bertz CT molecular complexity index is 1070. The van der Waals surface area contributed by atoms with Crippen LogP contribution in [0.5, 0.6) is 5.75 Å². The molecule has 1 heterocycles. The van der Waals surface area contributed by atoms with Gasteiger partial charge < -0.3 is 15.0 Å². The van der Waals surface area contributed by atoms with Gasteiger partial charge in [0.05, 0.1) is 7.11 Å². The molecule has 1 aliphatic carbocycles. The van der Waals surface area contributed by atoms with Crippen LogP contribution in [0.4, 0.5) is 9.18 Å². The smallest absolute Gasteiger partial charge is 0.325 e. The minimum Gasteiger partial charge on any atom is -0.494 e. The minimum absolute atomic E-state index is 0.125. The largest absolute Gasteiger partial charge is 0.494 e. The van der Waals surface area contributed by atoms with E-state index in [9.17, 15) is 18.8 Å². The van der Waals surface area contributed by atoms with E-state index < -0.39 is 23.3 Å². The van der Waals surface area contributed by atoms with Crippen LogP contribution in [0.25, 0.3) is 0 Å². The molecule has 1 N–H and O–H groups in total. The summed E-state index contributed by atoms with van der Waals surface area (Å²) in [5.41, 5.74) is 1.33. The summed E-state index contributed by atoms with van der Waals surface area (Å²) < 4.78 is 19.0. The molecule has 1 fully saturated rings. The first-order chi connectivity index (χ1) is 15.4. The normalized spacial score (nSPS) is 19.7. The van der Waals surface area contributed by atoms with Gasteiger partial charge in [0.15, 0.2) is 11.6 Å². The van der Waals surface area contributed by atoms with E-state index in [2.05, 4.69) is 5.32 Å². The van der Waals surface area contributed by atoms with Gasteiger partial charge in [-0.05, 0) is 55.0 Å². The molecule has 2 aromatic rings. The molecule has 2 aromatic carbocycles. The highest BCUT2D eigenvalue weighted by atomic mass is 19.1. The number of hydrogen-bond donors (Lipinski definition) is 1. The Kier molecular flexibility index (Phi) is 5.86. The third kappa shape index (κ3) is 3.70. The van der Waals surface area contributed by atoms with Crippen molar-refractivity contribution >= 4 is 17.8 Å². The molecule has 4 amide bonds. The summed E-state index contributed by atoms with van der Waals surface area (Å²) in [6, 6.07) is 11.5. The van der Waals surface area contributed by atoms with Crippen molar-refractivity contribution in [1.29, 1.82) is 0 Å². The third-order valence-electron chi connectivity index (χ3n) is 6.27. The second-order valence-electron chi connectivity index (χ2n) is 8.11. The molecule has 1 atom stereocenters. The van der Waals surface area contributed by atoms with Gasteiger partial charge in [-0.3, -0.25) is 14.5 Å². The van der Waals surface area contributed by atoms with E-state index in [1.54, 1.807) is 13.0 Å². The Morgan fingerprint density at radius 3 is 2.75 bits per heavy atom. The number of nitrogens with one attached hydrogen (secondary N) is 1. The summed E-state index contributed by atoms with van der Waals surface area (Å²) in [5.74, 6) is -1.16. The molecule has 0 bridgehead atoms. The van der Waals surface area contributed by atoms with E-state index in [-0.39, 0.29) is 24.7 Å². The SMILES string of the molecule is CCN(Cc1ccc(OC)c(F)c1)C(=O)CN1C(=O)N[C@@]2(CCCc3ccccc32)C1=O. The van der Waals surface area contributed by atoms with Crippen LogP contribution in [0.2, 0.25) is 0 Å². The number of urea groups is 1. The highest BCUT2D eigenvalue weighted by molar-refractivity contribution is 6.09. The molecule has 7 nitrogen and oxygen atoms in total. The molecule has 0 saturated carbocycles. The zero-order chi connectivity index (χ0) is 22.9. The minimum atomic E-state index is -1.11. The molecule has 1 saturated heterocycles. The maximum absolute atomic E-state index is 14.0. The number of methoxy groups -OCH3 is 1. The second kappa shape index (κ2) is 8.61. The summed E-state index contributed by atoms with van der Waals surface area (Å²) in [5, 5.41) is 2.86. The van der Waals surface area contributed by atoms with Gasteiger partial charge in [-0.2, -0.15) is 0 Å². The quantitative estimate of drug-likeness (QED) is 0.702. The van der Waals surface area contributed by atoms with E-state index in [0.717, 1.165) is 28.9 Å². The van der Waals surface area contributed by atoms with E-state index >= 15 is 0 Å². The summed E-state index contributed by atoms with van der Waals surface area (Å²) >= 11 is 0. The van der Waals surface area contributed by atoms with Gasteiger partial charge in [0.2, 0.25) is 5.91 Å². The monoisotopic (exact) mass is 439 g/mol. The topological polar surface area (TPSA) is 79.0 Å². The molecule has 4 rings (SSSR count). The molecule has 0 aromatic heterocycles. The van der Waals surface area contributed by atoms with Crippen LogP contribution in [-0.2, 0) is 28.1 Å². The number of aryl methyl sites for hydroxylation is 1. The number of benzene rings is 2. The standard InChI is InChI=1S/C24H26FN3O4/c1-3-27(14-16-10-11-20(32-2)19(25)13-16)21(29)15-28-22(30)24(26-23(28)31)12-6-8-17-7-4-5-9-18(17)24/h4-5,7,9-11,13H,3,6,8,12,14-15H2,1-2H3,(H,26,31)/t24-/m1/s1. The molecule has 168 valence electrons. The van der Waals surface area contributed by atoms with Gasteiger partial charge in [-0.1, -0.05) is 30.3 Å². The van der Waals surface area contributed by atoms with Crippen LogP contribution < -0.4 is 10.1 Å². The van der Waals surface area contributed by atoms with Crippen molar-refractivity contribution in [2.75, 3.05) is 20.2 Å². The van der Waals surface area contributed by atoms with Crippen LogP contribution >= 0.6 is 0 Å². The molecule has 8 heteroatoms. The molecule has 1 aliphatic heterocycles. The number of amides is 4. The lowest BCUT2D eigenvalue weighted by atomic mass is 9.76. The molecule has 1 spiro atoms. The lowest BCUT2D eigenvalue weighted by Gasteiger charge is -2.33. The van der Waals surface area contributed by atoms with Gasteiger partial charge >= 0.3 is 6.03 Å². The van der Waals surface area contributed by atoms with Gasteiger partial charge in [-0.15, -0.1) is 0 Å². The zero-order valence-corrected chi connectivity index (χ0v) is 18.2. The average Bonchev–Trinajstić information content (AvgIpc) is 3.02. The number of halogens is 1. The van der Waals surface area contributed by atoms with E-state index in [1.807, 2.05) is 24.3 Å². The lowest BCUT2D eigenvalue weighted by Crippen LogP contribution is -2.47. The number of imide groups is 1. The Hall–Kier alpha value is -3.42. The Labute approximate surface area is 186 Å². The highest BCUT2D eigenvalue weighted by Crippen LogP contribution is 2.39. The van der Waals surface area contributed by atoms with E-state index in [4.69, 9.17) is 4.74 Å². The summed E-state index contributed by atoms with van der Waals surface area (Å²) in [6.45, 7) is 1.95. The Morgan fingerprint density at radius 2 is 2.03 bits per heavy atom. The number of carbonyl (C=O) groups is 3. The van der Waals surface area contributed by atoms with Crippen LogP contribution in [-0.4, -0.2) is 47.8 Å². The summed E-state index contributed by atoms with van der Waals surface area (Å²) in [4.78, 5) is 41.6. The predicted molar refractivity (Wildman–Crippen MR) is 115 cm³/mol. The van der Waals surface area contributed by atoms with E-state index in [0.29, 0.717) is 18.5 Å². The number of rotatable bonds is 6. The fourth-order valence-electron chi connectivity index (χ4n) is 4.60. The van der Waals surface area contributed by atoms with Crippen molar-refractivity contribution in [3.63, 3.8) is 0 Å². The van der Waals surface area contributed by atoms with Crippen LogP contribution in [0.1, 0.15) is 36.5 Å².